The Morgan fingerprint density at radius 3 is 2.45 bits per heavy atom. The van der Waals surface area contributed by atoms with Crippen molar-refractivity contribution in [2.45, 2.75) is 78.1 Å². The standard InChI is InChI=1S/C28H34FN3O/c1-16(2)7-25(33)32-27-24(15-28-12-17-8-18(13-28)10-19(9-17)14-28)30-26-22-5-4-21(29)11-20(22)3-6-23(26)31-27/h4-5,11,16-19H,3,6-10,12-15H2,1-2H3,(H,31,32,33). The molecule has 5 aliphatic carbocycles. The Balaban J connectivity index is 1.39. The second kappa shape index (κ2) is 7.89. The summed E-state index contributed by atoms with van der Waals surface area (Å²) in [6, 6.07) is 5.01. The highest BCUT2D eigenvalue weighted by molar-refractivity contribution is 5.90. The van der Waals surface area contributed by atoms with E-state index in [1.165, 1.54) is 44.6 Å². The molecular formula is C28H34FN3O. The van der Waals surface area contributed by atoms with Crippen molar-refractivity contribution in [1.82, 2.24) is 9.97 Å². The lowest BCUT2D eigenvalue weighted by Crippen LogP contribution is -2.47. The minimum atomic E-state index is -0.198. The number of nitrogens with zero attached hydrogens (tertiary/aromatic N) is 2. The predicted octanol–water partition coefficient (Wildman–Crippen LogP) is 6.12. The molecule has 4 nitrogen and oxygen atoms in total. The Morgan fingerprint density at radius 1 is 1.09 bits per heavy atom. The Hall–Kier alpha value is -2.30. The van der Waals surface area contributed by atoms with E-state index in [9.17, 15) is 9.18 Å². The molecule has 1 amide bonds. The Morgan fingerprint density at radius 2 is 1.79 bits per heavy atom. The van der Waals surface area contributed by atoms with Crippen LogP contribution in [0.15, 0.2) is 18.2 Å². The summed E-state index contributed by atoms with van der Waals surface area (Å²) < 4.78 is 13.9. The number of nitrogens with one attached hydrogen (secondary N) is 1. The average Bonchev–Trinajstić information content (AvgIpc) is 2.72. The first kappa shape index (κ1) is 21.2. The molecule has 1 aromatic heterocycles. The molecule has 174 valence electrons. The molecule has 1 heterocycles. The van der Waals surface area contributed by atoms with Gasteiger partial charge >= 0.3 is 0 Å². The molecule has 1 N–H and O–H groups in total. The van der Waals surface area contributed by atoms with Gasteiger partial charge in [-0.3, -0.25) is 4.79 Å². The van der Waals surface area contributed by atoms with Crippen LogP contribution < -0.4 is 5.32 Å². The summed E-state index contributed by atoms with van der Waals surface area (Å²) in [7, 11) is 0. The minimum Gasteiger partial charge on any atom is -0.309 e. The summed E-state index contributed by atoms with van der Waals surface area (Å²) in [6.45, 7) is 4.12. The lowest BCUT2D eigenvalue weighted by molar-refractivity contribution is -0.116. The smallest absolute Gasteiger partial charge is 0.225 e. The Kier molecular flexibility index (Phi) is 5.08. The average molecular weight is 448 g/mol. The molecule has 5 aliphatic rings. The number of amides is 1. The van der Waals surface area contributed by atoms with Crippen LogP contribution in [0.25, 0.3) is 11.3 Å². The van der Waals surface area contributed by atoms with Gasteiger partial charge in [0.1, 0.15) is 5.82 Å². The fraction of sp³-hybridized carbons (Fsp3) is 0.607. The van der Waals surface area contributed by atoms with Crippen LogP contribution in [0.4, 0.5) is 10.2 Å². The van der Waals surface area contributed by atoms with E-state index in [1.54, 1.807) is 6.07 Å². The molecule has 0 radical (unpaired) electrons. The molecule has 1 aromatic carbocycles. The number of carbonyl (C=O) groups excluding carboxylic acids is 1. The fourth-order valence-corrected chi connectivity index (χ4v) is 7.79. The summed E-state index contributed by atoms with van der Waals surface area (Å²) >= 11 is 0. The maximum absolute atomic E-state index is 13.9. The lowest BCUT2D eigenvalue weighted by Gasteiger charge is -2.57. The zero-order valence-corrected chi connectivity index (χ0v) is 19.8. The van der Waals surface area contributed by atoms with Crippen molar-refractivity contribution < 1.29 is 9.18 Å². The topological polar surface area (TPSA) is 54.9 Å². The summed E-state index contributed by atoms with van der Waals surface area (Å²) in [6.07, 6.45) is 11.0. The molecule has 0 aliphatic heterocycles. The molecule has 0 spiro atoms. The second-order valence-corrected chi connectivity index (χ2v) is 11.9. The third-order valence-electron chi connectivity index (χ3n) is 8.55. The Labute approximate surface area is 195 Å². The van der Waals surface area contributed by atoms with Crippen LogP contribution >= 0.6 is 0 Å². The first-order valence-electron chi connectivity index (χ1n) is 12.8. The molecular weight excluding hydrogens is 413 g/mol. The van der Waals surface area contributed by atoms with E-state index in [-0.39, 0.29) is 11.7 Å². The van der Waals surface area contributed by atoms with Gasteiger partial charge in [-0.2, -0.15) is 0 Å². The van der Waals surface area contributed by atoms with Crippen LogP contribution in [0.3, 0.4) is 0 Å². The van der Waals surface area contributed by atoms with E-state index in [4.69, 9.17) is 9.97 Å². The third kappa shape index (κ3) is 3.98. The fourth-order valence-electron chi connectivity index (χ4n) is 7.79. The van der Waals surface area contributed by atoms with Crippen molar-refractivity contribution in [3.8, 4) is 11.3 Å². The van der Waals surface area contributed by atoms with Crippen molar-refractivity contribution in [2.75, 3.05) is 5.32 Å². The summed E-state index contributed by atoms with van der Waals surface area (Å²) in [5.41, 5.74) is 5.05. The molecule has 4 saturated carbocycles. The first-order valence-corrected chi connectivity index (χ1v) is 12.8. The molecule has 7 rings (SSSR count). The maximum atomic E-state index is 13.9. The van der Waals surface area contributed by atoms with Crippen LogP contribution in [0, 0.1) is 34.9 Å². The number of anilines is 1. The highest BCUT2D eigenvalue weighted by atomic mass is 19.1. The van der Waals surface area contributed by atoms with Gasteiger partial charge in [-0.1, -0.05) is 13.8 Å². The van der Waals surface area contributed by atoms with E-state index >= 15 is 0 Å². The highest BCUT2D eigenvalue weighted by Gasteiger charge is 2.51. The number of aromatic nitrogens is 2. The monoisotopic (exact) mass is 447 g/mol. The van der Waals surface area contributed by atoms with Gasteiger partial charge in [0.15, 0.2) is 5.82 Å². The summed E-state index contributed by atoms with van der Waals surface area (Å²) in [5, 5.41) is 3.14. The zero-order valence-electron chi connectivity index (χ0n) is 19.8. The normalized spacial score (nSPS) is 29.2. The van der Waals surface area contributed by atoms with Crippen LogP contribution in [-0.2, 0) is 24.1 Å². The van der Waals surface area contributed by atoms with Gasteiger partial charge in [0.05, 0.1) is 17.1 Å². The number of aryl methyl sites for hydroxylation is 2. The van der Waals surface area contributed by atoms with Crippen LogP contribution in [0.1, 0.15) is 75.7 Å². The predicted molar refractivity (Wildman–Crippen MR) is 127 cm³/mol. The molecule has 33 heavy (non-hydrogen) atoms. The highest BCUT2D eigenvalue weighted by Crippen LogP contribution is 2.61. The van der Waals surface area contributed by atoms with Gasteiger partial charge in [0.2, 0.25) is 5.91 Å². The number of halogens is 1. The van der Waals surface area contributed by atoms with Crippen molar-refractivity contribution in [3.05, 3.63) is 41.0 Å². The van der Waals surface area contributed by atoms with Gasteiger partial charge < -0.3 is 5.32 Å². The molecule has 0 saturated heterocycles. The van der Waals surface area contributed by atoms with Gasteiger partial charge in [-0.05, 0) is 111 Å². The van der Waals surface area contributed by atoms with E-state index in [2.05, 4.69) is 19.2 Å². The third-order valence-corrected chi connectivity index (χ3v) is 8.55. The van der Waals surface area contributed by atoms with E-state index < -0.39 is 0 Å². The van der Waals surface area contributed by atoms with E-state index in [0.29, 0.717) is 23.6 Å². The summed E-state index contributed by atoms with van der Waals surface area (Å²) in [4.78, 5) is 22.9. The lowest BCUT2D eigenvalue weighted by atomic mass is 9.48. The van der Waals surface area contributed by atoms with E-state index in [0.717, 1.165) is 65.2 Å². The zero-order chi connectivity index (χ0) is 22.7. The van der Waals surface area contributed by atoms with E-state index in [1.807, 2.05) is 6.07 Å². The number of benzene rings is 1. The SMILES string of the molecule is CC(C)CC(=O)Nc1nc2c(nc1CC13CC4CC(CC(C4)C1)C3)-c1ccc(F)cc1CC2. The first-order chi connectivity index (χ1) is 15.9. The number of fused-ring (bicyclic) bond motifs is 3. The second-order valence-electron chi connectivity index (χ2n) is 11.9. The van der Waals surface area contributed by atoms with Gasteiger partial charge in [0, 0.05) is 12.0 Å². The van der Waals surface area contributed by atoms with Crippen molar-refractivity contribution >= 4 is 11.7 Å². The van der Waals surface area contributed by atoms with Crippen molar-refractivity contribution in [3.63, 3.8) is 0 Å². The molecule has 0 atom stereocenters. The number of rotatable bonds is 5. The largest absolute Gasteiger partial charge is 0.309 e. The van der Waals surface area contributed by atoms with Gasteiger partial charge in [-0.25, -0.2) is 14.4 Å². The van der Waals surface area contributed by atoms with Crippen LogP contribution in [0.2, 0.25) is 0 Å². The minimum absolute atomic E-state index is 0.0179. The Bertz CT molecular complexity index is 1070. The maximum Gasteiger partial charge on any atom is 0.225 e. The molecule has 0 unspecified atom stereocenters. The number of hydrogen-bond acceptors (Lipinski definition) is 3. The molecule has 5 heteroatoms. The quantitative estimate of drug-likeness (QED) is 0.600. The molecule has 4 bridgehead atoms. The summed E-state index contributed by atoms with van der Waals surface area (Å²) in [5.74, 6) is 3.38. The molecule has 2 aromatic rings. The van der Waals surface area contributed by atoms with Crippen LogP contribution in [0.5, 0.6) is 0 Å². The van der Waals surface area contributed by atoms with Crippen LogP contribution in [-0.4, -0.2) is 15.9 Å². The van der Waals surface area contributed by atoms with Gasteiger partial charge in [0.25, 0.3) is 0 Å². The number of carbonyl (C=O) groups is 1. The van der Waals surface area contributed by atoms with Crippen molar-refractivity contribution in [1.29, 1.82) is 0 Å². The number of hydrogen-bond donors (Lipinski definition) is 1. The van der Waals surface area contributed by atoms with Gasteiger partial charge in [-0.15, -0.1) is 0 Å². The molecule has 4 fully saturated rings. The van der Waals surface area contributed by atoms with Crippen molar-refractivity contribution in [2.24, 2.45) is 29.1 Å².